The van der Waals surface area contributed by atoms with Crippen LogP contribution in [0.2, 0.25) is 0 Å². The van der Waals surface area contributed by atoms with E-state index in [1.807, 2.05) is 6.92 Å². The van der Waals surface area contributed by atoms with Crippen molar-refractivity contribution in [2.75, 3.05) is 26.9 Å². The fourth-order valence-electron chi connectivity index (χ4n) is 2.64. The van der Waals surface area contributed by atoms with Crippen molar-refractivity contribution in [3.8, 4) is 5.75 Å². The van der Waals surface area contributed by atoms with Crippen molar-refractivity contribution in [3.63, 3.8) is 0 Å². The lowest BCUT2D eigenvalue weighted by molar-refractivity contribution is -0.168. The lowest BCUT2D eigenvalue weighted by Crippen LogP contribution is -2.45. The predicted molar refractivity (Wildman–Crippen MR) is 72.3 cm³/mol. The van der Waals surface area contributed by atoms with Crippen LogP contribution >= 0.6 is 0 Å². The second-order valence-electron chi connectivity index (χ2n) is 4.90. The molecule has 1 heterocycles. The summed E-state index contributed by atoms with van der Waals surface area (Å²) in [5.74, 6) is -0.0571. The normalized spacial score (nSPS) is 19.6. The fraction of sp³-hybridized carbons (Fsp3) is 0.600. The topological polar surface area (TPSA) is 47.9 Å². The zero-order chi connectivity index (χ0) is 14.6. The van der Waals surface area contributed by atoms with E-state index in [1.54, 1.807) is 12.1 Å². The van der Waals surface area contributed by atoms with Gasteiger partial charge in [0.2, 0.25) is 0 Å². The SMILES string of the molecule is CCOC1(C(O)c2ccc(OC)cc2F)CCOCC1. The molecule has 1 atom stereocenters. The predicted octanol–water partition coefficient (Wildman–Crippen LogP) is 2.45. The van der Waals surface area contributed by atoms with E-state index < -0.39 is 17.5 Å². The van der Waals surface area contributed by atoms with Gasteiger partial charge in [0.15, 0.2) is 0 Å². The van der Waals surface area contributed by atoms with E-state index in [2.05, 4.69) is 0 Å². The molecular weight excluding hydrogens is 263 g/mol. The molecule has 20 heavy (non-hydrogen) atoms. The molecule has 0 saturated carbocycles. The first kappa shape index (κ1) is 15.2. The number of ether oxygens (including phenoxy) is 3. The monoisotopic (exact) mass is 284 g/mol. The molecule has 1 fully saturated rings. The summed E-state index contributed by atoms with van der Waals surface area (Å²) in [7, 11) is 1.48. The highest BCUT2D eigenvalue weighted by molar-refractivity contribution is 5.31. The molecule has 0 aliphatic carbocycles. The molecule has 0 spiro atoms. The van der Waals surface area contributed by atoms with Crippen LogP contribution < -0.4 is 4.74 Å². The molecule has 0 bridgehead atoms. The number of aliphatic hydroxyl groups is 1. The number of methoxy groups -OCH3 is 1. The van der Waals surface area contributed by atoms with Crippen molar-refractivity contribution in [1.82, 2.24) is 0 Å². The van der Waals surface area contributed by atoms with Crippen molar-refractivity contribution in [1.29, 1.82) is 0 Å². The van der Waals surface area contributed by atoms with Crippen LogP contribution in [0.4, 0.5) is 4.39 Å². The summed E-state index contributed by atoms with van der Waals surface area (Å²) in [5, 5.41) is 10.6. The molecule has 112 valence electrons. The molecule has 2 rings (SSSR count). The van der Waals surface area contributed by atoms with E-state index in [9.17, 15) is 9.50 Å². The van der Waals surface area contributed by atoms with Gasteiger partial charge < -0.3 is 19.3 Å². The third-order valence-electron chi connectivity index (χ3n) is 3.77. The summed E-state index contributed by atoms with van der Waals surface area (Å²) < 4.78 is 30.2. The maximum Gasteiger partial charge on any atom is 0.132 e. The summed E-state index contributed by atoms with van der Waals surface area (Å²) in [5.41, 5.74) is -0.538. The van der Waals surface area contributed by atoms with E-state index in [0.29, 0.717) is 38.4 Å². The minimum Gasteiger partial charge on any atom is -0.497 e. The van der Waals surface area contributed by atoms with Gasteiger partial charge in [-0.3, -0.25) is 0 Å². The summed E-state index contributed by atoms with van der Waals surface area (Å²) in [6, 6.07) is 4.47. The summed E-state index contributed by atoms with van der Waals surface area (Å²) in [6.07, 6.45) is 0.0817. The van der Waals surface area contributed by atoms with E-state index >= 15 is 0 Å². The molecule has 1 aromatic rings. The third kappa shape index (κ3) is 2.95. The van der Waals surface area contributed by atoms with Crippen LogP contribution in [0.3, 0.4) is 0 Å². The highest BCUT2D eigenvalue weighted by Gasteiger charge is 2.42. The Labute approximate surface area is 118 Å². The van der Waals surface area contributed by atoms with Crippen molar-refractivity contribution in [2.24, 2.45) is 0 Å². The van der Waals surface area contributed by atoms with Gasteiger partial charge in [0.05, 0.1) is 7.11 Å². The quantitative estimate of drug-likeness (QED) is 0.902. The number of hydrogen-bond acceptors (Lipinski definition) is 4. The van der Waals surface area contributed by atoms with Crippen LogP contribution in [0.1, 0.15) is 31.4 Å². The van der Waals surface area contributed by atoms with Gasteiger partial charge in [-0.15, -0.1) is 0 Å². The first-order valence-corrected chi connectivity index (χ1v) is 6.86. The Balaban J connectivity index is 2.29. The van der Waals surface area contributed by atoms with E-state index in [4.69, 9.17) is 14.2 Å². The third-order valence-corrected chi connectivity index (χ3v) is 3.77. The first-order chi connectivity index (χ1) is 9.63. The van der Waals surface area contributed by atoms with Crippen LogP contribution in [-0.4, -0.2) is 37.6 Å². The van der Waals surface area contributed by atoms with E-state index in [-0.39, 0.29) is 5.56 Å². The molecule has 1 N–H and O–H groups in total. The molecule has 1 aromatic carbocycles. The maximum atomic E-state index is 14.1. The average molecular weight is 284 g/mol. The molecule has 1 saturated heterocycles. The second kappa shape index (κ2) is 6.52. The Morgan fingerprint density at radius 3 is 2.65 bits per heavy atom. The van der Waals surface area contributed by atoms with Gasteiger partial charge in [-0.05, 0) is 19.1 Å². The molecule has 5 heteroatoms. The number of halogens is 1. The van der Waals surface area contributed by atoms with Crippen LogP contribution in [0, 0.1) is 5.82 Å². The van der Waals surface area contributed by atoms with Gasteiger partial charge in [0.1, 0.15) is 23.3 Å². The highest BCUT2D eigenvalue weighted by atomic mass is 19.1. The Hall–Kier alpha value is -1.17. The van der Waals surface area contributed by atoms with E-state index in [1.165, 1.54) is 13.2 Å². The van der Waals surface area contributed by atoms with Gasteiger partial charge in [-0.1, -0.05) is 0 Å². The lowest BCUT2D eigenvalue weighted by Gasteiger charge is -2.40. The maximum absolute atomic E-state index is 14.1. The van der Waals surface area contributed by atoms with Crippen molar-refractivity contribution < 1.29 is 23.7 Å². The lowest BCUT2D eigenvalue weighted by atomic mass is 9.84. The summed E-state index contributed by atoms with van der Waals surface area (Å²) >= 11 is 0. The minimum absolute atomic E-state index is 0.237. The number of benzene rings is 1. The zero-order valence-corrected chi connectivity index (χ0v) is 11.9. The Morgan fingerprint density at radius 1 is 1.40 bits per heavy atom. The fourth-order valence-corrected chi connectivity index (χ4v) is 2.64. The largest absolute Gasteiger partial charge is 0.497 e. The smallest absolute Gasteiger partial charge is 0.132 e. The molecule has 0 amide bonds. The Morgan fingerprint density at radius 2 is 2.10 bits per heavy atom. The van der Waals surface area contributed by atoms with Crippen molar-refractivity contribution >= 4 is 0 Å². The number of rotatable bonds is 5. The average Bonchev–Trinajstić information content (AvgIpc) is 2.47. The molecule has 1 aliphatic heterocycles. The van der Waals surface area contributed by atoms with Crippen molar-refractivity contribution in [3.05, 3.63) is 29.6 Å². The highest BCUT2D eigenvalue weighted by Crippen LogP contribution is 2.39. The van der Waals surface area contributed by atoms with Gasteiger partial charge >= 0.3 is 0 Å². The van der Waals surface area contributed by atoms with Gasteiger partial charge in [-0.2, -0.15) is 0 Å². The van der Waals surface area contributed by atoms with Crippen LogP contribution in [-0.2, 0) is 9.47 Å². The van der Waals surface area contributed by atoms with Gasteiger partial charge in [0.25, 0.3) is 0 Å². The summed E-state index contributed by atoms with van der Waals surface area (Å²) in [6.45, 7) is 3.35. The van der Waals surface area contributed by atoms with Crippen LogP contribution in [0.25, 0.3) is 0 Å². The van der Waals surface area contributed by atoms with E-state index in [0.717, 1.165) is 0 Å². The Kier molecular flexibility index (Phi) is 4.96. The van der Waals surface area contributed by atoms with Crippen LogP contribution in [0.15, 0.2) is 18.2 Å². The molecule has 0 radical (unpaired) electrons. The zero-order valence-electron chi connectivity index (χ0n) is 11.9. The number of hydrogen-bond donors (Lipinski definition) is 1. The summed E-state index contributed by atoms with van der Waals surface area (Å²) in [4.78, 5) is 0. The molecule has 4 nitrogen and oxygen atoms in total. The van der Waals surface area contributed by atoms with Crippen LogP contribution in [0.5, 0.6) is 5.75 Å². The molecule has 1 unspecified atom stereocenters. The van der Waals surface area contributed by atoms with Gasteiger partial charge in [0, 0.05) is 44.3 Å². The Bertz CT molecular complexity index is 438. The number of aliphatic hydroxyl groups excluding tert-OH is 1. The minimum atomic E-state index is -1.02. The van der Waals surface area contributed by atoms with Gasteiger partial charge in [-0.25, -0.2) is 4.39 Å². The molecule has 0 aromatic heterocycles. The molecule has 1 aliphatic rings. The standard InChI is InChI=1S/C15H21FO4/c1-3-20-15(6-8-19-9-7-15)14(17)12-5-4-11(18-2)10-13(12)16/h4-5,10,14,17H,3,6-9H2,1-2H3. The molecular formula is C15H21FO4. The van der Waals surface area contributed by atoms with Crippen molar-refractivity contribution in [2.45, 2.75) is 31.5 Å². The second-order valence-corrected chi connectivity index (χ2v) is 4.90. The first-order valence-electron chi connectivity index (χ1n) is 6.86.